The van der Waals surface area contributed by atoms with E-state index in [1.54, 1.807) is 0 Å². The summed E-state index contributed by atoms with van der Waals surface area (Å²) in [6.45, 7) is 2.03. The minimum absolute atomic E-state index is 0. The third-order valence-electron chi connectivity index (χ3n) is 0. The van der Waals surface area contributed by atoms with Gasteiger partial charge >= 0.3 is 21.7 Å². The van der Waals surface area contributed by atoms with Gasteiger partial charge in [-0.15, -0.1) is 0 Å². The van der Waals surface area contributed by atoms with Gasteiger partial charge in [-0.25, -0.2) is 0 Å². The van der Waals surface area contributed by atoms with Gasteiger partial charge in [0.05, 0.1) is 0 Å². The first kappa shape index (κ1) is 47.6. The number of hydrogen-bond donors (Lipinski definition) is 0. The fraction of sp³-hybridized carbons (Fsp3) is 1.00. The van der Waals surface area contributed by atoms with Crippen LogP contribution in [0.1, 0.15) is 0 Å². The van der Waals surface area contributed by atoms with Gasteiger partial charge in [-0.05, 0) is 0 Å². The molecule has 0 aliphatic rings. The predicted molar refractivity (Wildman–Crippen MR) is 20.3 cm³/mol. The van der Waals surface area contributed by atoms with E-state index in [1.807, 2.05) is 6.55 Å². The van der Waals surface area contributed by atoms with Gasteiger partial charge in [0.1, 0.15) is 8.83 Å². The van der Waals surface area contributed by atoms with Gasteiger partial charge in [0.25, 0.3) is 0 Å². The van der Waals surface area contributed by atoms with Gasteiger partial charge in [0, 0.05) is 0 Å². The Balaban J connectivity index is -0.00000000200. The van der Waals surface area contributed by atoms with Crippen LogP contribution in [-0.2, 0) is 21.7 Å². The Morgan fingerprint density at radius 2 is 1.00 bits per heavy atom. The van der Waals surface area contributed by atoms with Crippen LogP contribution in [0.15, 0.2) is 0 Å². The molecule has 0 rings (SSSR count). The number of halogens is 5. The van der Waals surface area contributed by atoms with Crippen LogP contribution in [0.5, 0.6) is 0 Å². The molecule has 0 saturated heterocycles. The Morgan fingerprint density at radius 3 is 1.00 bits per heavy atom. The van der Waals surface area contributed by atoms with Gasteiger partial charge in [0.15, 0.2) is 0 Å². The third-order valence-corrected chi connectivity index (χ3v) is 0. The summed E-state index contributed by atoms with van der Waals surface area (Å²) < 4.78 is 0. The Hall–Kier alpha value is 2.38. The minimum Gasteiger partial charge on any atom is -1.00 e. The van der Waals surface area contributed by atoms with E-state index in [-0.39, 0.29) is 80.2 Å². The molecular weight excluding hydrogens is 265 g/mol. The largest absolute Gasteiger partial charge is 4.00 e. The van der Waals surface area contributed by atoms with E-state index in [2.05, 4.69) is 0 Å². The van der Waals surface area contributed by atoms with Crippen molar-refractivity contribution in [1.29, 1.82) is 0 Å². The molecule has 0 radical (unpaired) electrons. The van der Waals surface area contributed by atoms with Crippen LogP contribution >= 0.6 is 11.1 Å². The molecule has 0 spiro atoms. The van der Waals surface area contributed by atoms with Crippen molar-refractivity contribution in [2.75, 3.05) is 0 Å². The molecule has 0 heterocycles. The van der Waals surface area contributed by atoms with Crippen LogP contribution in [0.3, 0.4) is 0 Å². The van der Waals surface area contributed by atoms with Crippen LogP contribution in [0, 0.1) is 0 Å². The Labute approximate surface area is 96.9 Å². The summed E-state index contributed by atoms with van der Waals surface area (Å²) in [6, 6.07) is 0. The van der Waals surface area contributed by atoms with Crippen LogP contribution in [-0.4, -0.2) is 8.83 Å². The summed E-state index contributed by atoms with van der Waals surface area (Å²) in [6.07, 6.45) is 0. The van der Waals surface area contributed by atoms with Gasteiger partial charge in [-0.3, -0.25) is 0 Å². The standard InChI is InChI=1S/CH5ClSi.4ClH.Ti/c1-3-2;;;;;/h3H2,1H3;4*1H;/q;;;;;+4/p-4. The van der Waals surface area contributed by atoms with E-state index in [0.29, 0.717) is 0 Å². The van der Waals surface area contributed by atoms with E-state index >= 15 is 0 Å². The molecule has 0 fully saturated rings. The van der Waals surface area contributed by atoms with Crippen LogP contribution in [0.25, 0.3) is 0 Å². The molecule has 0 aliphatic carbocycles. The van der Waals surface area contributed by atoms with Crippen molar-refractivity contribution in [2.45, 2.75) is 6.55 Å². The predicted octanol–water partition coefficient (Wildman–Crippen LogP) is -11.6. The molecule has 0 aromatic heterocycles. The van der Waals surface area contributed by atoms with E-state index in [4.69, 9.17) is 11.1 Å². The molecule has 0 saturated carbocycles. The summed E-state index contributed by atoms with van der Waals surface area (Å²) in [5.41, 5.74) is 0. The summed E-state index contributed by atoms with van der Waals surface area (Å²) in [5.74, 6) is 0. The maximum absolute atomic E-state index is 5.14. The topological polar surface area (TPSA) is 0 Å². The molecule has 0 nitrogen and oxygen atoms in total. The van der Waals surface area contributed by atoms with Crippen molar-refractivity contribution in [3.05, 3.63) is 0 Å². The SMILES string of the molecule is C[SiH2]Cl.[Cl-].[Cl-].[Cl-].[Cl-].[Ti+4]. The zero-order valence-corrected chi connectivity index (χ0v) is 10.9. The van der Waals surface area contributed by atoms with Crippen molar-refractivity contribution in [1.82, 2.24) is 0 Å². The first-order chi connectivity index (χ1) is 1.41. The molecule has 0 aromatic rings. The molecule has 0 unspecified atom stereocenters. The minimum atomic E-state index is -0.111. The smallest absolute Gasteiger partial charge is 1.00 e. The average Bonchev–Trinajstić information content (AvgIpc) is 0.918. The molecule has 8 heavy (non-hydrogen) atoms. The fourth-order valence-corrected chi connectivity index (χ4v) is 0. The average molecular weight is 270 g/mol. The van der Waals surface area contributed by atoms with Crippen molar-refractivity contribution in [3.63, 3.8) is 0 Å². The normalized spacial score (nSPS) is 3.75. The van der Waals surface area contributed by atoms with E-state index < -0.39 is 0 Å². The molecule has 0 aliphatic heterocycles. The molecule has 0 N–H and O–H groups in total. The summed E-state index contributed by atoms with van der Waals surface area (Å²) >= 11 is 5.14. The van der Waals surface area contributed by atoms with Gasteiger partial charge in [-0.2, -0.15) is 11.1 Å². The fourth-order valence-electron chi connectivity index (χ4n) is 0. The monoisotopic (exact) mass is 268 g/mol. The van der Waals surface area contributed by atoms with Gasteiger partial charge < -0.3 is 49.6 Å². The Kier molecular flexibility index (Phi) is 343. The zero-order chi connectivity index (χ0) is 2.71. The Bertz CT molecular complexity index is 12.4. The first-order valence-electron chi connectivity index (χ1n) is 0.974. The zero-order valence-electron chi connectivity index (χ0n) is 4.10. The van der Waals surface area contributed by atoms with Crippen LogP contribution in [0.4, 0.5) is 0 Å². The molecule has 52 valence electrons. The second-order valence-electron chi connectivity index (χ2n) is 0.267. The van der Waals surface area contributed by atoms with Gasteiger partial charge in [-0.1, -0.05) is 6.55 Å². The quantitative estimate of drug-likeness (QED) is 0.303. The van der Waals surface area contributed by atoms with Crippen molar-refractivity contribution in [2.24, 2.45) is 0 Å². The van der Waals surface area contributed by atoms with Crippen LogP contribution in [0.2, 0.25) is 6.55 Å². The number of hydrogen-bond acceptors (Lipinski definition) is 0. The maximum atomic E-state index is 5.14. The Morgan fingerprint density at radius 1 is 1.00 bits per heavy atom. The molecule has 0 amide bonds. The third kappa shape index (κ3) is 80.5. The van der Waals surface area contributed by atoms with Crippen molar-refractivity contribution < 1.29 is 71.3 Å². The van der Waals surface area contributed by atoms with Crippen molar-refractivity contribution in [3.8, 4) is 0 Å². The summed E-state index contributed by atoms with van der Waals surface area (Å²) in [4.78, 5) is 0. The molecular formula is CH5Cl5SiTi. The number of rotatable bonds is 0. The van der Waals surface area contributed by atoms with E-state index in [1.165, 1.54) is 0 Å². The van der Waals surface area contributed by atoms with Crippen LogP contribution < -0.4 is 49.6 Å². The molecule has 7 heteroatoms. The second kappa shape index (κ2) is 57.6. The molecule has 0 bridgehead atoms. The summed E-state index contributed by atoms with van der Waals surface area (Å²) in [5, 5.41) is 0. The first-order valence-corrected chi connectivity index (χ1v) is 4.53. The van der Waals surface area contributed by atoms with Gasteiger partial charge in [0.2, 0.25) is 0 Å². The van der Waals surface area contributed by atoms with Crippen molar-refractivity contribution >= 4 is 19.9 Å². The summed E-state index contributed by atoms with van der Waals surface area (Å²) in [7, 11) is -0.111. The molecule has 0 atom stereocenters. The van der Waals surface area contributed by atoms with E-state index in [0.717, 1.165) is 0 Å². The molecule has 0 aromatic carbocycles. The second-order valence-corrected chi connectivity index (χ2v) is 2.41. The maximum Gasteiger partial charge on any atom is 4.00 e. The van der Waals surface area contributed by atoms with E-state index in [9.17, 15) is 0 Å².